The summed E-state index contributed by atoms with van der Waals surface area (Å²) in [6, 6.07) is 7.82. The summed E-state index contributed by atoms with van der Waals surface area (Å²) < 4.78 is 0.632. The number of halogens is 1. The minimum atomic E-state index is -1.32. The number of hydrogen-bond acceptors (Lipinski definition) is 5. The number of nitro groups is 1. The van der Waals surface area contributed by atoms with E-state index < -0.39 is 16.6 Å². The van der Waals surface area contributed by atoms with Crippen LogP contribution in [0.15, 0.2) is 30.3 Å². The first kappa shape index (κ1) is 15.3. The zero-order valence-electron chi connectivity index (χ0n) is 10.9. The number of hydrogen-bond donors (Lipinski definition) is 1. The van der Waals surface area contributed by atoms with E-state index in [4.69, 9.17) is 16.7 Å². The minimum Gasteiger partial charge on any atom is -0.477 e. The van der Waals surface area contributed by atoms with E-state index in [0.717, 1.165) is 4.88 Å². The van der Waals surface area contributed by atoms with Crippen LogP contribution in [0.25, 0.3) is 0 Å². The maximum atomic E-state index is 11.2. The molecule has 0 unspecified atom stereocenters. The predicted octanol–water partition coefficient (Wildman–Crippen LogP) is 3.64. The van der Waals surface area contributed by atoms with Crippen LogP contribution < -0.4 is 4.90 Å². The number of rotatable bonds is 5. The number of nitrogens with zero attached hydrogens (tertiary/aromatic N) is 2. The number of nitro benzene ring substituents is 1. The first-order chi connectivity index (χ1) is 9.90. The monoisotopic (exact) mass is 326 g/mol. The van der Waals surface area contributed by atoms with Crippen LogP contribution in [0, 0.1) is 10.1 Å². The molecular weight excluding hydrogens is 316 g/mol. The highest BCUT2D eigenvalue weighted by Gasteiger charge is 2.26. The van der Waals surface area contributed by atoms with Crippen molar-refractivity contribution >= 4 is 40.3 Å². The number of carbonyl (C=O) groups is 1. The Balaban J connectivity index is 2.40. The second-order valence-corrected chi connectivity index (χ2v) is 6.10. The quantitative estimate of drug-likeness (QED) is 0.669. The molecule has 21 heavy (non-hydrogen) atoms. The number of anilines is 1. The van der Waals surface area contributed by atoms with E-state index in [0.29, 0.717) is 10.9 Å². The number of carboxylic acids is 1. The molecule has 0 spiro atoms. The normalized spacial score (nSPS) is 10.4. The minimum absolute atomic E-state index is 0.254. The van der Waals surface area contributed by atoms with E-state index in [2.05, 4.69) is 0 Å². The highest BCUT2D eigenvalue weighted by molar-refractivity contribution is 7.16. The zero-order valence-corrected chi connectivity index (χ0v) is 12.5. The van der Waals surface area contributed by atoms with Crippen molar-refractivity contribution in [2.45, 2.75) is 6.54 Å². The fourth-order valence-corrected chi connectivity index (χ4v) is 3.10. The molecule has 6 nitrogen and oxygen atoms in total. The molecule has 0 fully saturated rings. The molecule has 0 radical (unpaired) electrons. The highest BCUT2D eigenvalue weighted by atomic mass is 35.5. The molecule has 0 saturated heterocycles. The van der Waals surface area contributed by atoms with Crippen molar-refractivity contribution in [2.24, 2.45) is 0 Å². The first-order valence-electron chi connectivity index (χ1n) is 5.86. The van der Waals surface area contributed by atoms with Crippen LogP contribution in [0.1, 0.15) is 15.2 Å². The van der Waals surface area contributed by atoms with E-state index in [9.17, 15) is 14.9 Å². The maximum Gasteiger partial charge on any atom is 0.342 e. The number of benzene rings is 1. The SMILES string of the molecule is CN(Cc1ccc(Cl)s1)c1cccc(C(=O)O)c1[N+](=O)[O-]. The van der Waals surface area contributed by atoms with Crippen molar-refractivity contribution in [3.05, 3.63) is 55.2 Å². The molecule has 0 aliphatic rings. The predicted molar refractivity (Wildman–Crippen MR) is 81.5 cm³/mol. The van der Waals surface area contributed by atoms with Gasteiger partial charge in [0.25, 0.3) is 0 Å². The lowest BCUT2D eigenvalue weighted by Crippen LogP contribution is -2.18. The van der Waals surface area contributed by atoms with Gasteiger partial charge in [-0.25, -0.2) is 4.79 Å². The van der Waals surface area contributed by atoms with Gasteiger partial charge in [0.15, 0.2) is 0 Å². The average molecular weight is 327 g/mol. The lowest BCUT2D eigenvalue weighted by Gasteiger charge is -2.18. The van der Waals surface area contributed by atoms with E-state index >= 15 is 0 Å². The maximum absolute atomic E-state index is 11.2. The largest absolute Gasteiger partial charge is 0.477 e. The Morgan fingerprint density at radius 3 is 2.67 bits per heavy atom. The summed E-state index contributed by atoms with van der Waals surface area (Å²) in [5, 5.41) is 20.3. The van der Waals surface area contributed by atoms with Crippen LogP contribution in [-0.2, 0) is 6.54 Å². The molecule has 110 valence electrons. The van der Waals surface area contributed by atoms with Crippen molar-refractivity contribution in [2.75, 3.05) is 11.9 Å². The summed E-state index contributed by atoms with van der Waals surface area (Å²) in [5.74, 6) is -1.32. The fourth-order valence-electron chi connectivity index (χ4n) is 1.96. The van der Waals surface area contributed by atoms with Gasteiger partial charge < -0.3 is 10.0 Å². The molecule has 0 aliphatic heterocycles. The standard InChI is InChI=1S/C13H11ClN2O4S/c1-15(7-8-5-6-11(14)21-8)10-4-2-3-9(13(17)18)12(10)16(19)20/h2-6H,7H2,1H3,(H,17,18). The summed E-state index contributed by atoms with van der Waals surface area (Å²) in [4.78, 5) is 24.2. The molecule has 0 aliphatic carbocycles. The van der Waals surface area contributed by atoms with E-state index in [1.807, 2.05) is 6.07 Å². The van der Waals surface area contributed by atoms with Gasteiger partial charge >= 0.3 is 11.7 Å². The summed E-state index contributed by atoms with van der Waals surface area (Å²) in [5.41, 5.74) is -0.479. The Morgan fingerprint density at radius 1 is 1.43 bits per heavy atom. The first-order valence-corrected chi connectivity index (χ1v) is 7.05. The Labute approximate surface area is 129 Å². The number of aromatic carboxylic acids is 1. The smallest absolute Gasteiger partial charge is 0.342 e. The lowest BCUT2D eigenvalue weighted by molar-refractivity contribution is -0.384. The van der Waals surface area contributed by atoms with Gasteiger partial charge in [0.05, 0.1) is 15.8 Å². The van der Waals surface area contributed by atoms with Gasteiger partial charge in [-0.05, 0) is 24.3 Å². The second kappa shape index (κ2) is 6.11. The summed E-state index contributed by atoms with van der Waals surface area (Å²) in [7, 11) is 1.67. The summed E-state index contributed by atoms with van der Waals surface area (Å²) >= 11 is 7.23. The van der Waals surface area contributed by atoms with Crippen LogP contribution in [0.4, 0.5) is 11.4 Å². The molecule has 0 amide bonds. The van der Waals surface area contributed by atoms with E-state index in [-0.39, 0.29) is 11.3 Å². The topological polar surface area (TPSA) is 83.7 Å². The van der Waals surface area contributed by atoms with Gasteiger partial charge in [-0.1, -0.05) is 17.7 Å². The molecule has 0 bridgehead atoms. The van der Waals surface area contributed by atoms with E-state index in [1.165, 1.54) is 29.5 Å². The van der Waals surface area contributed by atoms with Crippen molar-refractivity contribution in [1.29, 1.82) is 0 Å². The second-order valence-electron chi connectivity index (χ2n) is 4.30. The Morgan fingerprint density at radius 2 is 2.14 bits per heavy atom. The molecular formula is C13H11ClN2O4S. The zero-order chi connectivity index (χ0) is 15.6. The molecule has 1 N–H and O–H groups in total. The van der Waals surface area contributed by atoms with Gasteiger partial charge in [0.1, 0.15) is 11.3 Å². The van der Waals surface area contributed by atoms with Gasteiger partial charge in [-0.3, -0.25) is 10.1 Å². The number of carboxylic acid groups (broad SMARTS) is 1. The third-order valence-corrected chi connectivity index (χ3v) is 4.08. The Kier molecular flexibility index (Phi) is 4.44. The number of para-hydroxylation sites is 1. The summed E-state index contributed by atoms with van der Waals surface area (Å²) in [6.07, 6.45) is 0. The van der Waals surface area contributed by atoms with Crippen molar-refractivity contribution < 1.29 is 14.8 Å². The van der Waals surface area contributed by atoms with Gasteiger partial charge in [-0.2, -0.15) is 0 Å². The lowest BCUT2D eigenvalue weighted by atomic mass is 10.1. The summed E-state index contributed by atoms with van der Waals surface area (Å²) in [6.45, 7) is 0.404. The van der Waals surface area contributed by atoms with Crippen LogP contribution >= 0.6 is 22.9 Å². The molecule has 1 aromatic carbocycles. The van der Waals surface area contributed by atoms with Crippen LogP contribution in [0.3, 0.4) is 0 Å². The molecule has 2 aromatic rings. The molecule has 0 saturated carbocycles. The van der Waals surface area contributed by atoms with Crippen LogP contribution in [0.5, 0.6) is 0 Å². The molecule has 2 rings (SSSR count). The molecule has 1 heterocycles. The third-order valence-electron chi connectivity index (χ3n) is 2.86. The number of thiophene rings is 1. The Hall–Kier alpha value is -2.12. The van der Waals surface area contributed by atoms with Gasteiger partial charge in [0, 0.05) is 11.9 Å². The molecule has 0 atom stereocenters. The highest BCUT2D eigenvalue weighted by Crippen LogP contribution is 2.33. The van der Waals surface area contributed by atoms with Crippen molar-refractivity contribution in [3.8, 4) is 0 Å². The van der Waals surface area contributed by atoms with E-state index in [1.54, 1.807) is 18.0 Å². The third kappa shape index (κ3) is 3.32. The van der Waals surface area contributed by atoms with Crippen LogP contribution in [-0.4, -0.2) is 23.0 Å². The Bertz CT molecular complexity index is 701. The fraction of sp³-hybridized carbons (Fsp3) is 0.154. The van der Waals surface area contributed by atoms with Gasteiger partial charge in [-0.15, -0.1) is 11.3 Å². The van der Waals surface area contributed by atoms with Crippen molar-refractivity contribution in [3.63, 3.8) is 0 Å². The molecule has 8 heteroatoms. The van der Waals surface area contributed by atoms with Gasteiger partial charge in [0.2, 0.25) is 0 Å². The average Bonchev–Trinajstić information content (AvgIpc) is 2.82. The van der Waals surface area contributed by atoms with Crippen molar-refractivity contribution in [1.82, 2.24) is 0 Å². The van der Waals surface area contributed by atoms with Crippen LogP contribution in [0.2, 0.25) is 4.34 Å². The molecule has 1 aromatic heterocycles.